The molecule has 1 unspecified atom stereocenters. The van der Waals surface area contributed by atoms with Crippen LogP contribution in [0.1, 0.15) is 46.5 Å². The van der Waals surface area contributed by atoms with Crippen LogP contribution < -0.4 is 0 Å². The number of thiol groups is 1. The lowest BCUT2D eigenvalue weighted by atomic mass is 10.2. The number of hydrogen-bond donors (Lipinski definition) is 1. The number of rotatable bonds is 8. The van der Waals surface area contributed by atoms with Gasteiger partial charge in [-0.05, 0) is 32.1 Å². The number of hydrogen-bond acceptors (Lipinski definition) is 3. The summed E-state index contributed by atoms with van der Waals surface area (Å²) in [4.78, 5) is 0. The van der Waals surface area contributed by atoms with Crippen LogP contribution in [0, 0.1) is 0 Å². The highest BCUT2D eigenvalue weighted by Crippen LogP contribution is 2.54. The van der Waals surface area contributed by atoms with Gasteiger partial charge in [0.1, 0.15) is 0 Å². The summed E-state index contributed by atoms with van der Waals surface area (Å²) in [6, 6.07) is 0. The van der Waals surface area contributed by atoms with Gasteiger partial charge in [0.25, 0.3) is 0 Å². The first-order valence-corrected chi connectivity index (χ1v) is 8.92. The van der Waals surface area contributed by atoms with Crippen LogP contribution in [0.5, 0.6) is 0 Å². The van der Waals surface area contributed by atoms with Crippen LogP contribution in [0.4, 0.5) is 0 Å². The van der Waals surface area contributed by atoms with Crippen molar-refractivity contribution in [3.63, 3.8) is 0 Å². The fourth-order valence-electron chi connectivity index (χ4n) is 1.01. The molecule has 0 aliphatic carbocycles. The van der Waals surface area contributed by atoms with Crippen LogP contribution in [0.25, 0.3) is 0 Å². The summed E-state index contributed by atoms with van der Waals surface area (Å²) in [6.45, 7) is 6.74. The van der Waals surface area contributed by atoms with Crippen LogP contribution in [-0.2, 0) is 20.9 Å². The van der Waals surface area contributed by atoms with E-state index in [4.69, 9.17) is 20.9 Å². The topological polar surface area (TPSA) is 18.5 Å². The van der Waals surface area contributed by atoms with E-state index in [0.29, 0.717) is 6.61 Å². The van der Waals surface area contributed by atoms with Gasteiger partial charge in [-0.1, -0.05) is 38.4 Å². The minimum absolute atomic E-state index is 0.0916. The van der Waals surface area contributed by atoms with E-state index in [1.54, 1.807) is 0 Å². The molecule has 0 aliphatic heterocycles. The van der Waals surface area contributed by atoms with E-state index in [2.05, 4.69) is 19.2 Å². The van der Waals surface area contributed by atoms with Gasteiger partial charge in [0.2, 0.25) is 5.69 Å². The summed E-state index contributed by atoms with van der Waals surface area (Å²) in [5.74, 6) is 0. The molecule has 0 N–H and O–H groups in total. The average Bonchev–Trinajstić information content (AvgIpc) is 2.01. The zero-order valence-corrected chi connectivity index (χ0v) is 11.8. The Bertz CT molecular complexity index is 186. The zero-order valence-electron chi connectivity index (χ0n) is 9.23. The van der Waals surface area contributed by atoms with Crippen LogP contribution in [0.15, 0.2) is 0 Å². The highest BCUT2D eigenvalue weighted by atomic mass is 32.9. The van der Waals surface area contributed by atoms with Crippen molar-refractivity contribution in [3.05, 3.63) is 0 Å². The molecule has 0 spiro atoms. The van der Waals surface area contributed by atoms with Crippen molar-refractivity contribution in [1.29, 1.82) is 0 Å². The highest BCUT2D eigenvalue weighted by Gasteiger charge is 2.14. The minimum atomic E-state index is -2.27. The summed E-state index contributed by atoms with van der Waals surface area (Å²) in [6.07, 6.45) is 4.82. The Labute approximate surface area is 98.1 Å². The molecule has 0 fully saturated rings. The molecule has 1 atom stereocenters. The van der Waals surface area contributed by atoms with E-state index in [9.17, 15) is 0 Å². The molecule has 0 heterocycles. The van der Waals surface area contributed by atoms with Crippen molar-refractivity contribution in [2.24, 2.45) is 0 Å². The lowest BCUT2D eigenvalue weighted by Gasteiger charge is -2.18. The molecule has 0 amide bonds. The molecule has 0 aromatic rings. The van der Waals surface area contributed by atoms with Crippen LogP contribution in [-0.4, -0.2) is 12.7 Å². The summed E-state index contributed by atoms with van der Waals surface area (Å²) in [7, 11) is 0. The van der Waals surface area contributed by atoms with Gasteiger partial charge in [0.15, 0.2) is 0 Å². The third kappa shape index (κ3) is 9.47. The largest absolute Gasteiger partial charge is 0.322 e. The van der Waals surface area contributed by atoms with E-state index < -0.39 is 5.69 Å². The third-order valence-electron chi connectivity index (χ3n) is 1.60. The molecule has 0 bridgehead atoms. The van der Waals surface area contributed by atoms with Crippen molar-refractivity contribution < 1.29 is 9.05 Å². The highest BCUT2D eigenvalue weighted by molar-refractivity contribution is 8.60. The molecule has 2 nitrogen and oxygen atoms in total. The Morgan fingerprint density at radius 1 is 1.29 bits per heavy atom. The quantitative estimate of drug-likeness (QED) is 0.399. The predicted octanol–water partition coefficient (Wildman–Crippen LogP) is 4.16. The lowest BCUT2D eigenvalue weighted by Crippen LogP contribution is -2.00. The Morgan fingerprint density at radius 3 is 2.43 bits per heavy atom. The average molecular weight is 256 g/mol. The maximum absolute atomic E-state index is 5.45. The monoisotopic (exact) mass is 256 g/mol. The lowest BCUT2D eigenvalue weighted by molar-refractivity contribution is 0.212. The van der Waals surface area contributed by atoms with Gasteiger partial charge in [-0.2, -0.15) is 0 Å². The van der Waals surface area contributed by atoms with Crippen molar-refractivity contribution in [2.45, 2.75) is 52.6 Å². The molecule has 0 rings (SSSR count). The van der Waals surface area contributed by atoms with Gasteiger partial charge in [0.05, 0.1) is 12.7 Å². The second kappa shape index (κ2) is 8.12. The molecule has 14 heavy (non-hydrogen) atoms. The predicted molar refractivity (Wildman–Crippen MR) is 69.6 cm³/mol. The maximum atomic E-state index is 5.45. The van der Waals surface area contributed by atoms with E-state index in [1.165, 1.54) is 19.3 Å². The van der Waals surface area contributed by atoms with Gasteiger partial charge in [-0.15, -0.1) is 0 Å². The number of unbranched alkanes of at least 4 members (excludes halogenated alkanes) is 3. The van der Waals surface area contributed by atoms with Gasteiger partial charge < -0.3 is 9.05 Å². The minimum Gasteiger partial charge on any atom is -0.322 e. The van der Waals surface area contributed by atoms with Crippen LogP contribution >= 0.6 is 17.9 Å². The Kier molecular flexibility index (Phi) is 8.65. The van der Waals surface area contributed by atoms with E-state index >= 15 is 0 Å². The van der Waals surface area contributed by atoms with E-state index in [-0.39, 0.29) is 6.10 Å². The maximum Gasteiger partial charge on any atom is 0.244 e. The van der Waals surface area contributed by atoms with Gasteiger partial charge in [0, 0.05) is 0 Å². The van der Waals surface area contributed by atoms with Gasteiger partial charge >= 0.3 is 0 Å². The van der Waals surface area contributed by atoms with Gasteiger partial charge in [-0.25, -0.2) is 0 Å². The van der Waals surface area contributed by atoms with Crippen molar-refractivity contribution >= 4 is 29.7 Å². The molecule has 0 radical (unpaired) electrons. The molecule has 0 aliphatic rings. The smallest absolute Gasteiger partial charge is 0.244 e. The second-order valence-corrected chi connectivity index (χ2v) is 8.76. The molecule has 0 aromatic heterocycles. The van der Waals surface area contributed by atoms with E-state index in [0.717, 1.165) is 6.42 Å². The fourth-order valence-corrected chi connectivity index (χ4v) is 3.51. The summed E-state index contributed by atoms with van der Waals surface area (Å²) >= 11 is 9.36. The van der Waals surface area contributed by atoms with Crippen molar-refractivity contribution in [2.75, 3.05) is 6.61 Å². The Hall–Kier alpha value is 0.920. The van der Waals surface area contributed by atoms with Crippen molar-refractivity contribution in [3.8, 4) is 0 Å². The van der Waals surface area contributed by atoms with E-state index in [1.807, 2.05) is 13.8 Å². The normalized spacial score (nSPS) is 15.8. The van der Waals surface area contributed by atoms with Crippen LogP contribution in [0.3, 0.4) is 0 Å². The molecule has 5 heteroatoms. The second-order valence-electron chi connectivity index (χ2n) is 3.52. The third-order valence-corrected chi connectivity index (χ3v) is 4.00. The molecule has 0 saturated carbocycles. The molecule has 0 saturated heterocycles. The zero-order chi connectivity index (χ0) is 11.0. The first-order chi connectivity index (χ1) is 6.48. The summed E-state index contributed by atoms with van der Waals surface area (Å²) < 4.78 is 10.9. The Morgan fingerprint density at radius 2 is 1.93 bits per heavy atom. The van der Waals surface area contributed by atoms with Crippen LogP contribution in [0.2, 0.25) is 0 Å². The fraction of sp³-hybridized carbons (Fsp3) is 1.00. The Balaban J connectivity index is 3.51. The molecular weight excluding hydrogens is 235 g/mol. The summed E-state index contributed by atoms with van der Waals surface area (Å²) in [5, 5.41) is 0. The molecule has 0 aromatic carbocycles. The standard InChI is InChI=1S/C9H21O2PS2/c1-4-5-6-7-8-10-12(13,14)11-9(2)3/h9H,4-8H2,1-3H3,(H,13,14). The SMILES string of the molecule is CCCCCCOP(=S)(S)OC(C)C. The first kappa shape index (κ1) is 14.9. The summed E-state index contributed by atoms with van der Waals surface area (Å²) in [5.41, 5.74) is -2.27. The first-order valence-electron chi connectivity index (χ1n) is 5.13. The van der Waals surface area contributed by atoms with Crippen molar-refractivity contribution in [1.82, 2.24) is 0 Å². The van der Waals surface area contributed by atoms with Gasteiger partial charge in [-0.3, -0.25) is 0 Å². The molecular formula is C9H21O2PS2. The molecule has 86 valence electrons.